The van der Waals surface area contributed by atoms with Crippen LogP contribution in [0.1, 0.15) is 25.3 Å². The Morgan fingerprint density at radius 1 is 1.33 bits per heavy atom. The van der Waals surface area contributed by atoms with Crippen molar-refractivity contribution < 1.29 is 32.2 Å². The Morgan fingerprint density at radius 3 is 2.59 bits per heavy atom. The SMILES string of the molecule is CCOC(=O)C(NNc1cccc(C(F)(F)F)c1)=[N+](C)C1CC[NH+](C)CC1. The number of piperidine rings is 1. The number of amidine groups is 1. The van der Waals surface area contributed by atoms with Crippen LogP contribution in [0.4, 0.5) is 18.9 Å². The maximum atomic E-state index is 12.9. The lowest BCUT2D eigenvalue weighted by Crippen LogP contribution is -3.10. The number of esters is 1. The van der Waals surface area contributed by atoms with E-state index < -0.39 is 17.7 Å². The topological polar surface area (TPSA) is 57.8 Å². The molecule has 0 atom stereocenters. The van der Waals surface area contributed by atoms with Crippen molar-refractivity contribution in [3.8, 4) is 0 Å². The highest BCUT2D eigenvalue weighted by molar-refractivity contribution is 6.33. The van der Waals surface area contributed by atoms with Crippen molar-refractivity contribution >= 4 is 17.5 Å². The molecular formula is C18H27F3N4O2+2. The molecule has 150 valence electrons. The molecule has 0 aromatic heterocycles. The Labute approximate surface area is 157 Å². The first kappa shape index (κ1) is 21.0. The van der Waals surface area contributed by atoms with Crippen LogP contribution in [0.2, 0.25) is 0 Å². The zero-order valence-corrected chi connectivity index (χ0v) is 15.8. The van der Waals surface area contributed by atoms with Gasteiger partial charge in [0.2, 0.25) is 0 Å². The highest BCUT2D eigenvalue weighted by Crippen LogP contribution is 2.30. The summed E-state index contributed by atoms with van der Waals surface area (Å²) in [5.74, 6) is -0.371. The quantitative estimate of drug-likeness (QED) is 0.236. The molecule has 1 fully saturated rings. The number of ether oxygens (including phenoxy) is 1. The number of benzene rings is 1. The number of hydrogen-bond acceptors (Lipinski definition) is 3. The molecule has 9 heteroatoms. The number of alkyl halides is 3. The minimum Gasteiger partial charge on any atom is -0.457 e. The van der Waals surface area contributed by atoms with Crippen molar-refractivity contribution in [3.63, 3.8) is 0 Å². The van der Waals surface area contributed by atoms with Crippen molar-refractivity contribution in [1.29, 1.82) is 0 Å². The monoisotopic (exact) mass is 388 g/mol. The fourth-order valence-corrected chi connectivity index (χ4v) is 3.05. The largest absolute Gasteiger partial charge is 0.457 e. The molecule has 3 N–H and O–H groups in total. The second-order valence-corrected chi connectivity index (χ2v) is 6.70. The lowest BCUT2D eigenvalue weighted by Gasteiger charge is -2.26. The number of carbonyl (C=O) groups excluding carboxylic acids is 1. The summed E-state index contributed by atoms with van der Waals surface area (Å²) in [6, 6.07) is 4.93. The van der Waals surface area contributed by atoms with Crippen molar-refractivity contribution in [2.24, 2.45) is 0 Å². The van der Waals surface area contributed by atoms with Gasteiger partial charge in [0, 0.05) is 12.8 Å². The molecule has 0 radical (unpaired) electrons. The molecule has 2 rings (SSSR count). The van der Waals surface area contributed by atoms with Crippen molar-refractivity contribution in [2.45, 2.75) is 32.0 Å². The molecular weight excluding hydrogens is 361 g/mol. The lowest BCUT2D eigenvalue weighted by molar-refractivity contribution is -0.889. The van der Waals surface area contributed by atoms with Gasteiger partial charge in [0.05, 0.1) is 45.0 Å². The molecule has 1 aliphatic heterocycles. The van der Waals surface area contributed by atoms with E-state index in [-0.39, 0.29) is 24.2 Å². The first-order valence-electron chi connectivity index (χ1n) is 8.99. The Hall–Kier alpha value is -2.29. The van der Waals surface area contributed by atoms with Crippen LogP contribution >= 0.6 is 0 Å². The predicted octanol–water partition coefficient (Wildman–Crippen LogP) is 0.903. The summed E-state index contributed by atoms with van der Waals surface area (Å²) in [5, 5.41) is 0. The standard InChI is InChI=1S/C18H25F3N4O2/c1-4-27-17(26)16(25(3)15-8-10-24(2)11-9-15)23-22-14-7-5-6-13(12-14)18(19,20)21/h5-7,12,15H,4,8-11H2,1-3H3,(H,22,26)/p+2. The number of hydrazine groups is 1. The number of anilines is 1. The number of quaternary nitrogens is 1. The van der Waals surface area contributed by atoms with Gasteiger partial charge in [-0.05, 0) is 25.1 Å². The summed E-state index contributed by atoms with van der Waals surface area (Å²) >= 11 is 0. The number of nitrogens with zero attached hydrogens (tertiary/aromatic N) is 1. The van der Waals surface area contributed by atoms with Crippen LogP contribution in [0.15, 0.2) is 24.3 Å². The summed E-state index contributed by atoms with van der Waals surface area (Å²) in [6.07, 6.45) is -2.61. The maximum Gasteiger partial charge on any atom is 0.423 e. The Morgan fingerprint density at radius 2 is 2.00 bits per heavy atom. The number of hydrogen-bond donors (Lipinski definition) is 3. The van der Waals surface area contributed by atoms with E-state index in [9.17, 15) is 18.0 Å². The van der Waals surface area contributed by atoms with Gasteiger partial charge in [-0.25, -0.2) is 10.2 Å². The van der Waals surface area contributed by atoms with E-state index in [1.807, 2.05) is 4.58 Å². The van der Waals surface area contributed by atoms with Gasteiger partial charge in [-0.15, -0.1) is 0 Å². The molecule has 6 nitrogen and oxygen atoms in total. The predicted molar refractivity (Wildman–Crippen MR) is 95.7 cm³/mol. The third kappa shape index (κ3) is 5.85. The van der Waals surface area contributed by atoms with Gasteiger partial charge in [-0.2, -0.15) is 18.6 Å². The molecule has 1 saturated heterocycles. The first-order chi connectivity index (χ1) is 12.7. The average molecular weight is 388 g/mol. The minimum atomic E-state index is -4.43. The number of halogens is 3. The molecule has 0 aliphatic carbocycles. The highest BCUT2D eigenvalue weighted by Gasteiger charge is 2.32. The third-order valence-corrected chi connectivity index (χ3v) is 4.69. The van der Waals surface area contributed by atoms with Gasteiger partial charge in [0.25, 0.3) is 0 Å². The molecule has 0 saturated carbocycles. The molecule has 0 bridgehead atoms. The summed E-state index contributed by atoms with van der Waals surface area (Å²) < 4.78 is 45.5. The molecule has 1 aliphatic rings. The second-order valence-electron chi connectivity index (χ2n) is 6.70. The van der Waals surface area contributed by atoms with E-state index >= 15 is 0 Å². The fraction of sp³-hybridized carbons (Fsp3) is 0.556. The molecule has 1 heterocycles. The maximum absolute atomic E-state index is 12.9. The van der Waals surface area contributed by atoms with E-state index in [0.717, 1.165) is 38.1 Å². The number of rotatable bonds is 4. The molecule has 0 unspecified atom stereocenters. The van der Waals surface area contributed by atoms with Gasteiger partial charge >= 0.3 is 18.0 Å². The van der Waals surface area contributed by atoms with Crippen LogP contribution in [0.25, 0.3) is 0 Å². The van der Waals surface area contributed by atoms with E-state index in [0.29, 0.717) is 0 Å². The van der Waals surface area contributed by atoms with Crippen LogP contribution in [0.3, 0.4) is 0 Å². The highest BCUT2D eigenvalue weighted by atomic mass is 19.4. The Balaban J connectivity index is 2.18. The third-order valence-electron chi connectivity index (χ3n) is 4.69. The minimum absolute atomic E-state index is 0.156. The van der Waals surface area contributed by atoms with E-state index in [1.165, 1.54) is 17.0 Å². The smallest absolute Gasteiger partial charge is 0.423 e. The van der Waals surface area contributed by atoms with Gasteiger partial charge in [0.15, 0.2) is 0 Å². The molecule has 27 heavy (non-hydrogen) atoms. The summed E-state index contributed by atoms with van der Waals surface area (Å²) in [4.78, 5) is 13.8. The average Bonchev–Trinajstić information content (AvgIpc) is 2.62. The van der Waals surface area contributed by atoms with Crippen LogP contribution in [-0.4, -0.2) is 56.2 Å². The molecule has 1 aromatic rings. The van der Waals surface area contributed by atoms with E-state index in [2.05, 4.69) is 17.9 Å². The van der Waals surface area contributed by atoms with Crippen molar-refractivity contribution in [1.82, 2.24) is 5.43 Å². The van der Waals surface area contributed by atoms with Gasteiger partial charge in [-0.1, -0.05) is 6.07 Å². The molecule has 0 amide bonds. The Bertz CT molecular complexity index is 683. The van der Waals surface area contributed by atoms with Gasteiger partial charge in [-0.3, -0.25) is 4.58 Å². The van der Waals surface area contributed by atoms with Crippen LogP contribution in [0.5, 0.6) is 0 Å². The van der Waals surface area contributed by atoms with Crippen LogP contribution < -0.4 is 15.8 Å². The van der Waals surface area contributed by atoms with E-state index in [4.69, 9.17) is 4.74 Å². The zero-order valence-electron chi connectivity index (χ0n) is 15.8. The van der Waals surface area contributed by atoms with Gasteiger partial charge in [0.1, 0.15) is 6.04 Å². The molecule has 1 aromatic carbocycles. The van der Waals surface area contributed by atoms with Crippen molar-refractivity contribution in [2.75, 3.05) is 39.2 Å². The van der Waals surface area contributed by atoms with Gasteiger partial charge < -0.3 is 9.64 Å². The zero-order chi connectivity index (χ0) is 20.0. The van der Waals surface area contributed by atoms with E-state index in [1.54, 1.807) is 14.0 Å². The number of nitrogens with one attached hydrogen (secondary N) is 3. The van der Waals surface area contributed by atoms with Crippen molar-refractivity contribution in [3.05, 3.63) is 29.8 Å². The molecule has 0 spiro atoms. The lowest BCUT2D eigenvalue weighted by atomic mass is 10.1. The first-order valence-corrected chi connectivity index (χ1v) is 8.99. The normalized spacial score (nSPS) is 21.3. The Kier molecular flexibility index (Phi) is 7.06. The summed E-state index contributed by atoms with van der Waals surface area (Å²) in [7, 11) is 3.91. The summed E-state index contributed by atoms with van der Waals surface area (Å²) in [5.41, 5.74) is 4.88. The number of likely N-dealkylation sites (tertiary alicyclic amines) is 1. The summed E-state index contributed by atoms with van der Waals surface area (Å²) in [6.45, 7) is 3.89. The number of carbonyl (C=O) groups is 1. The second kappa shape index (κ2) is 9.07. The van der Waals surface area contributed by atoms with Crippen LogP contribution in [0, 0.1) is 0 Å². The fourth-order valence-electron chi connectivity index (χ4n) is 3.05. The van der Waals surface area contributed by atoms with Crippen LogP contribution in [-0.2, 0) is 15.7 Å².